The third-order valence-corrected chi connectivity index (χ3v) is 5.76. The number of nitrogens with zero attached hydrogens (tertiary/aromatic N) is 4. The van der Waals surface area contributed by atoms with Gasteiger partial charge in [0.05, 0.1) is 31.1 Å². The number of H-pyrrole nitrogens is 1. The minimum Gasteiger partial charge on any atom is -0.475 e. The molecule has 2 aliphatic rings. The molecule has 4 rings (SSSR count). The van der Waals surface area contributed by atoms with Gasteiger partial charge in [-0.3, -0.25) is 14.7 Å². The number of ether oxygens (including phenoxy) is 1. The van der Waals surface area contributed by atoms with Crippen LogP contribution in [0.4, 0.5) is 13.2 Å². The van der Waals surface area contributed by atoms with E-state index in [1.807, 2.05) is 13.1 Å². The number of imidazole rings is 1. The summed E-state index contributed by atoms with van der Waals surface area (Å²) in [4.78, 5) is 39.8. The molecule has 2 unspecified atom stereocenters. The average Bonchev–Trinajstić information content (AvgIpc) is 3.29. The number of aryl methyl sites for hydroxylation is 1. The second-order valence-electron chi connectivity index (χ2n) is 8.28. The predicted octanol–water partition coefficient (Wildman–Crippen LogP) is 2.09. The lowest BCUT2D eigenvalue weighted by atomic mass is 9.78. The van der Waals surface area contributed by atoms with Gasteiger partial charge in [-0.2, -0.15) is 13.2 Å². The number of morpholine rings is 1. The number of aromatic amines is 1. The van der Waals surface area contributed by atoms with Crippen molar-refractivity contribution in [2.24, 2.45) is 0 Å². The Kier molecular flexibility index (Phi) is 8.20. The molecule has 34 heavy (non-hydrogen) atoms. The largest absolute Gasteiger partial charge is 0.490 e. The van der Waals surface area contributed by atoms with Gasteiger partial charge in [0.1, 0.15) is 17.1 Å². The van der Waals surface area contributed by atoms with E-state index in [2.05, 4.69) is 30.2 Å². The van der Waals surface area contributed by atoms with Crippen LogP contribution in [-0.4, -0.2) is 79.3 Å². The fraction of sp³-hybridized carbons (Fsp3) is 0.571. The maximum absolute atomic E-state index is 12.7. The zero-order valence-corrected chi connectivity index (χ0v) is 18.6. The van der Waals surface area contributed by atoms with Crippen molar-refractivity contribution in [1.29, 1.82) is 0 Å². The van der Waals surface area contributed by atoms with E-state index >= 15 is 0 Å². The Bertz CT molecular complexity index is 950. The Morgan fingerprint density at radius 1 is 1.29 bits per heavy atom. The van der Waals surface area contributed by atoms with Crippen molar-refractivity contribution in [2.45, 2.75) is 57.0 Å². The summed E-state index contributed by atoms with van der Waals surface area (Å²) in [6, 6.07) is -0.0266. The van der Waals surface area contributed by atoms with Gasteiger partial charge in [-0.05, 0) is 19.8 Å². The molecule has 10 nitrogen and oxygen atoms in total. The number of alkyl halides is 3. The van der Waals surface area contributed by atoms with E-state index in [9.17, 15) is 18.0 Å². The first-order valence-corrected chi connectivity index (χ1v) is 10.8. The zero-order chi connectivity index (χ0) is 24.8. The SMILES string of the molecule is Cc1cnc(C(=O)NC2CCCCC23CN(Cc2ncc[nH]2)CCO3)cn1.O=C(O)C(F)(F)F. The van der Waals surface area contributed by atoms with Crippen LogP contribution in [0, 0.1) is 6.92 Å². The number of hydrogen-bond acceptors (Lipinski definition) is 7. The van der Waals surface area contributed by atoms with Gasteiger partial charge in [0, 0.05) is 31.7 Å². The quantitative estimate of drug-likeness (QED) is 0.601. The summed E-state index contributed by atoms with van der Waals surface area (Å²) in [7, 11) is 0. The van der Waals surface area contributed by atoms with Crippen LogP contribution in [0.1, 0.15) is 47.7 Å². The molecule has 1 spiro atoms. The van der Waals surface area contributed by atoms with E-state index in [0.29, 0.717) is 12.3 Å². The third kappa shape index (κ3) is 6.73. The van der Waals surface area contributed by atoms with Crippen LogP contribution >= 0.6 is 0 Å². The summed E-state index contributed by atoms with van der Waals surface area (Å²) in [5.41, 5.74) is 0.797. The number of aliphatic carboxylic acids is 1. The molecule has 0 aromatic carbocycles. The van der Waals surface area contributed by atoms with Crippen LogP contribution < -0.4 is 5.32 Å². The Morgan fingerprint density at radius 2 is 2.06 bits per heavy atom. The number of nitrogens with one attached hydrogen (secondary N) is 2. The Balaban J connectivity index is 0.000000406. The van der Waals surface area contributed by atoms with Gasteiger partial charge in [-0.1, -0.05) is 12.8 Å². The van der Waals surface area contributed by atoms with E-state index < -0.39 is 12.1 Å². The van der Waals surface area contributed by atoms with Gasteiger partial charge >= 0.3 is 12.1 Å². The normalized spacial score (nSPS) is 23.1. The molecule has 1 amide bonds. The molecule has 2 atom stereocenters. The first-order chi connectivity index (χ1) is 16.1. The standard InChI is InChI=1S/C19H26N6O2.C2HF3O2/c1-14-10-23-15(11-22-14)18(26)24-16-4-2-3-5-19(16)13-25(8-9-27-19)12-17-20-6-7-21-17;3-2(4,5)1(6)7/h6-7,10-11,16H,2-5,8-9,12-13H2,1H3,(H,20,21)(H,24,26);(H,6,7). The topological polar surface area (TPSA) is 133 Å². The van der Waals surface area contributed by atoms with Crippen LogP contribution in [0.25, 0.3) is 0 Å². The fourth-order valence-electron chi connectivity index (χ4n) is 4.13. The number of carbonyl (C=O) groups excluding carboxylic acids is 1. The molecule has 186 valence electrons. The van der Waals surface area contributed by atoms with Gasteiger partial charge in [-0.15, -0.1) is 0 Å². The van der Waals surface area contributed by atoms with Crippen LogP contribution in [-0.2, 0) is 16.1 Å². The number of carboxylic acids is 1. The molecule has 1 aliphatic carbocycles. The Labute approximate surface area is 193 Å². The number of carboxylic acid groups (broad SMARTS) is 1. The maximum atomic E-state index is 12.7. The van der Waals surface area contributed by atoms with Crippen LogP contribution in [0.15, 0.2) is 24.8 Å². The molecular formula is C21H27F3N6O4. The van der Waals surface area contributed by atoms with Crippen molar-refractivity contribution < 1.29 is 32.6 Å². The lowest BCUT2D eigenvalue weighted by Gasteiger charge is -2.49. The second kappa shape index (κ2) is 10.9. The lowest BCUT2D eigenvalue weighted by Crippen LogP contribution is -2.64. The molecule has 2 aromatic rings. The number of halogens is 3. The molecular weight excluding hydrogens is 457 g/mol. The van der Waals surface area contributed by atoms with Gasteiger partial charge in [0.25, 0.3) is 5.91 Å². The van der Waals surface area contributed by atoms with Gasteiger partial charge in [0.15, 0.2) is 0 Å². The smallest absolute Gasteiger partial charge is 0.475 e. The number of rotatable bonds is 4. The summed E-state index contributed by atoms with van der Waals surface area (Å²) < 4.78 is 38.0. The average molecular weight is 484 g/mol. The van der Waals surface area contributed by atoms with Crippen LogP contribution in [0.2, 0.25) is 0 Å². The van der Waals surface area contributed by atoms with Crippen LogP contribution in [0.3, 0.4) is 0 Å². The van der Waals surface area contributed by atoms with E-state index in [-0.39, 0.29) is 17.6 Å². The summed E-state index contributed by atoms with van der Waals surface area (Å²) >= 11 is 0. The zero-order valence-electron chi connectivity index (χ0n) is 18.6. The lowest BCUT2D eigenvalue weighted by molar-refractivity contribution is -0.192. The Morgan fingerprint density at radius 3 is 2.68 bits per heavy atom. The fourth-order valence-corrected chi connectivity index (χ4v) is 4.13. The highest BCUT2D eigenvalue weighted by molar-refractivity contribution is 5.92. The third-order valence-electron chi connectivity index (χ3n) is 5.76. The molecule has 2 aromatic heterocycles. The van der Waals surface area contributed by atoms with E-state index in [4.69, 9.17) is 14.6 Å². The molecule has 0 bridgehead atoms. The predicted molar refractivity (Wildman–Crippen MR) is 113 cm³/mol. The molecule has 1 saturated carbocycles. The monoisotopic (exact) mass is 484 g/mol. The highest BCUT2D eigenvalue weighted by Crippen LogP contribution is 2.35. The molecule has 3 heterocycles. The highest BCUT2D eigenvalue weighted by Gasteiger charge is 2.46. The summed E-state index contributed by atoms with van der Waals surface area (Å²) in [5.74, 6) is -1.98. The minimum atomic E-state index is -5.08. The molecule has 1 aliphatic heterocycles. The highest BCUT2D eigenvalue weighted by atomic mass is 19.4. The first kappa shape index (κ1) is 25.6. The molecule has 13 heteroatoms. The van der Waals surface area contributed by atoms with Crippen molar-refractivity contribution in [3.05, 3.63) is 42.0 Å². The Hall–Kier alpha value is -3.06. The molecule has 1 saturated heterocycles. The van der Waals surface area contributed by atoms with E-state index in [1.165, 1.54) is 6.20 Å². The molecule has 3 N–H and O–H groups in total. The van der Waals surface area contributed by atoms with Gasteiger partial charge < -0.3 is 20.1 Å². The van der Waals surface area contributed by atoms with Crippen molar-refractivity contribution in [2.75, 3.05) is 19.7 Å². The number of hydrogen-bond donors (Lipinski definition) is 3. The number of amides is 1. The first-order valence-electron chi connectivity index (χ1n) is 10.8. The molecule has 0 radical (unpaired) electrons. The van der Waals surface area contributed by atoms with Gasteiger partial charge in [-0.25, -0.2) is 14.8 Å². The minimum absolute atomic E-state index is 0.0266. The van der Waals surface area contributed by atoms with Gasteiger partial charge in [0.2, 0.25) is 0 Å². The van der Waals surface area contributed by atoms with E-state index in [0.717, 1.165) is 56.8 Å². The van der Waals surface area contributed by atoms with Crippen molar-refractivity contribution in [1.82, 2.24) is 30.2 Å². The number of carbonyl (C=O) groups is 2. The summed E-state index contributed by atoms with van der Waals surface area (Å²) in [6.45, 7) is 4.94. The van der Waals surface area contributed by atoms with Crippen molar-refractivity contribution >= 4 is 11.9 Å². The number of aromatic nitrogens is 4. The van der Waals surface area contributed by atoms with Crippen molar-refractivity contribution in [3.63, 3.8) is 0 Å². The second-order valence-corrected chi connectivity index (χ2v) is 8.28. The van der Waals surface area contributed by atoms with E-state index in [1.54, 1.807) is 12.4 Å². The summed E-state index contributed by atoms with van der Waals surface area (Å²) in [5, 5.41) is 10.3. The van der Waals surface area contributed by atoms with Crippen molar-refractivity contribution in [3.8, 4) is 0 Å². The van der Waals surface area contributed by atoms with Crippen LogP contribution in [0.5, 0.6) is 0 Å². The molecule has 2 fully saturated rings. The summed E-state index contributed by atoms with van der Waals surface area (Å²) in [6.07, 6.45) is 5.76. The maximum Gasteiger partial charge on any atom is 0.490 e.